The number of anilines is 2. The van der Waals surface area contributed by atoms with Crippen LogP contribution in [0.1, 0.15) is 5.56 Å². The van der Waals surface area contributed by atoms with E-state index in [0.717, 1.165) is 9.87 Å². The Bertz CT molecular complexity index is 661. The summed E-state index contributed by atoms with van der Waals surface area (Å²) in [6, 6.07) is 9.44. The smallest absolute Gasteiger partial charge is 0.159 e. The SMILES string of the molecule is Cc1ccc(N(c2cc(Cl)cc(Cl)c2O)S(=O)[O-])cc1. The van der Waals surface area contributed by atoms with Crippen LogP contribution in [-0.4, -0.2) is 13.9 Å². The van der Waals surface area contributed by atoms with Crippen LogP contribution in [0.2, 0.25) is 10.0 Å². The first-order valence-corrected chi connectivity index (χ1v) is 7.33. The van der Waals surface area contributed by atoms with Gasteiger partial charge in [-0.3, -0.25) is 8.51 Å². The molecule has 1 unspecified atom stereocenters. The van der Waals surface area contributed by atoms with Crippen molar-refractivity contribution in [3.05, 3.63) is 52.0 Å². The van der Waals surface area contributed by atoms with Crippen LogP contribution in [0.3, 0.4) is 0 Å². The Labute approximate surface area is 129 Å². The van der Waals surface area contributed by atoms with Gasteiger partial charge < -0.3 is 9.66 Å². The van der Waals surface area contributed by atoms with Crippen molar-refractivity contribution in [1.29, 1.82) is 0 Å². The van der Waals surface area contributed by atoms with E-state index in [9.17, 15) is 13.9 Å². The molecule has 1 atom stereocenters. The lowest BCUT2D eigenvalue weighted by molar-refractivity contribution is 0.476. The van der Waals surface area contributed by atoms with E-state index in [4.69, 9.17) is 23.2 Å². The van der Waals surface area contributed by atoms with E-state index in [0.29, 0.717) is 5.69 Å². The van der Waals surface area contributed by atoms with Gasteiger partial charge in [0.2, 0.25) is 0 Å². The molecule has 7 heteroatoms. The van der Waals surface area contributed by atoms with E-state index >= 15 is 0 Å². The van der Waals surface area contributed by atoms with Gasteiger partial charge in [0.1, 0.15) is 0 Å². The number of phenolic OH excluding ortho intramolecular Hbond substituents is 1. The summed E-state index contributed by atoms with van der Waals surface area (Å²) < 4.78 is 23.9. The van der Waals surface area contributed by atoms with E-state index < -0.39 is 11.3 Å². The van der Waals surface area contributed by atoms with Gasteiger partial charge in [-0.1, -0.05) is 40.9 Å². The molecule has 0 fully saturated rings. The summed E-state index contributed by atoms with van der Waals surface area (Å²) in [4.78, 5) is 0. The molecule has 0 aliphatic carbocycles. The third-order valence-electron chi connectivity index (χ3n) is 2.64. The minimum absolute atomic E-state index is 0.000290. The molecule has 1 N–H and O–H groups in total. The lowest BCUT2D eigenvalue weighted by atomic mass is 10.2. The number of rotatable bonds is 3. The Morgan fingerprint density at radius 3 is 2.35 bits per heavy atom. The minimum atomic E-state index is -2.63. The number of aromatic hydroxyl groups is 1. The van der Waals surface area contributed by atoms with Gasteiger partial charge in [-0.05, 0) is 31.2 Å². The van der Waals surface area contributed by atoms with Gasteiger partial charge >= 0.3 is 0 Å². The maximum Gasteiger partial charge on any atom is 0.159 e. The van der Waals surface area contributed by atoms with Gasteiger partial charge in [0.25, 0.3) is 0 Å². The fourth-order valence-corrected chi connectivity index (χ4v) is 2.77. The highest BCUT2D eigenvalue weighted by Gasteiger charge is 2.17. The predicted octanol–water partition coefficient (Wildman–Crippen LogP) is 3.94. The average molecular weight is 331 g/mol. The second-order valence-electron chi connectivity index (χ2n) is 4.10. The molecule has 2 rings (SSSR count). The summed E-state index contributed by atoms with van der Waals surface area (Å²) in [5.74, 6) is -0.346. The summed E-state index contributed by atoms with van der Waals surface area (Å²) in [6.07, 6.45) is 0. The Kier molecular flexibility index (Phi) is 4.55. The van der Waals surface area contributed by atoms with Crippen LogP contribution in [-0.2, 0) is 11.3 Å². The van der Waals surface area contributed by atoms with Crippen LogP contribution < -0.4 is 4.31 Å². The van der Waals surface area contributed by atoms with Crippen LogP contribution in [0.5, 0.6) is 5.75 Å². The molecule has 0 radical (unpaired) electrons. The maximum absolute atomic E-state index is 11.5. The Morgan fingerprint density at radius 2 is 1.80 bits per heavy atom. The van der Waals surface area contributed by atoms with Gasteiger partial charge in [0, 0.05) is 5.02 Å². The Hall–Kier alpha value is -1.27. The highest BCUT2D eigenvalue weighted by molar-refractivity contribution is 7.81. The molecule has 2 aromatic rings. The monoisotopic (exact) mass is 330 g/mol. The van der Waals surface area contributed by atoms with Crippen molar-refractivity contribution < 1.29 is 13.9 Å². The highest BCUT2D eigenvalue weighted by Crippen LogP contribution is 2.41. The second kappa shape index (κ2) is 6.01. The van der Waals surface area contributed by atoms with E-state index in [2.05, 4.69) is 0 Å². The number of benzene rings is 2. The van der Waals surface area contributed by atoms with Crippen LogP contribution in [0, 0.1) is 6.92 Å². The number of aryl methyl sites for hydroxylation is 1. The van der Waals surface area contributed by atoms with Gasteiger partial charge in [-0.25, -0.2) is 0 Å². The van der Waals surface area contributed by atoms with Crippen molar-refractivity contribution in [3.8, 4) is 5.75 Å². The Balaban J connectivity index is 2.60. The lowest BCUT2D eigenvalue weighted by Gasteiger charge is -2.27. The molecule has 4 nitrogen and oxygen atoms in total. The fourth-order valence-electron chi connectivity index (χ4n) is 1.69. The number of hydrogen-bond donors (Lipinski definition) is 1. The van der Waals surface area contributed by atoms with Crippen molar-refractivity contribution in [2.75, 3.05) is 4.31 Å². The van der Waals surface area contributed by atoms with Crippen molar-refractivity contribution in [2.24, 2.45) is 0 Å². The van der Waals surface area contributed by atoms with Crippen LogP contribution in [0.25, 0.3) is 0 Å². The number of halogens is 2. The molecule has 0 aliphatic rings. The normalized spacial score (nSPS) is 12.2. The summed E-state index contributed by atoms with van der Waals surface area (Å²) in [7, 11) is 0. The van der Waals surface area contributed by atoms with Gasteiger partial charge in [0.15, 0.2) is 5.75 Å². The highest BCUT2D eigenvalue weighted by atomic mass is 35.5. The fraction of sp³-hybridized carbons (Fsp3) is 0.0769. The number of hydrogen-bond acceptors (Lipinski definition) is 3. The van der Waals surface area contributed by atoms with Gasteiger partial charge in [-0.15, -0.1) is 0 Å². The van der Waals surface area contributed by atoms with Gasteiger partial charge in [-0.2, -0.15) is 0 Å². The zero-order chi connectivity index (χ0) is 14.9. The van der Waals surface area contributed by atoms with Gasteiger partial charge in [0.05, 0.1) is 27.7 Å². The third-order valence-corrected chi connectivity index (χ3v) is 3.86. The topological polar surface area (TPSA) is 63.6 Å². The summed E-state index contributed by atoms with van der Waals surface area (Å²) in [5, 5.41) is 10.2. The lowest BCUT2D eigenvalue weighted by Crippen LogP contribution is -2.19. The molecular formula is C13H10Cl2NO3S-. The first kappa shape index (κ1) is 15.1. The van der Waals surface area contributed by atoms with Crippen LogP contribution in [0.15, 0.2) is 36.4 Å². The quantitative estimate of drug-likeness (QED) is 0.867. The van der Waals surface area contributed by atoms with E-state index in [1.54, 1.807) is 24.3 Å². The molecule has 0 bridgehead atoms. The summed E-state index contributed by atoms with van der Waals surface area (Å²) >= 11 is 9.05. The molecule has 0 amide bonds. The van der Waals surface area contributed by atoms with E-state index in [-0.39, 0.29) is 21.5 Å². The first-order chi connectivity index (χ1) is 9.40. The molecule has 2 aromatic carbocycles. The molecule has 0 heterocycles. The predicted molar refractivity (Wildman–Crippen MR) is 80.4 cm³/mol. The molecule has 106 valence electrons. The summed E-state index contributed by atoms with van der Waals surface area (Å²) in [6.45, 7) is 1.88. The van der Waals surface area contributed by atoms with Crippen molar-refractivity contribution in [2.45, 2.75) is 6.92 Å². The maximum atomic E-state index is 11.5. The molecular weight excluding hydrogens is 321 g/mol. The molecule has 0 aliphatic heterocycles. The average Bonchev–Trinajstić information content (AvgIpc) is 2.37. The number of nitrogens with zero attached hydrogens (tertiary/aromatic N) is 1. The van der Waals surface area contributed by atoms with Crippen molar-refractivity contribution in [1.82, 2.24) is 0 Å². The van der Waals surface area contributed by atoms with Crippen molar-refractivity contribution >= 4 is 45.8 Å². The first-order valence-electron chi connectivity index (χ1n) is 5.54. The minimum Gasteiger partial charge on any atom is -0.755 e. The molecule has 0 spiro atoms. The number of phenols is 1. The summed E-state index contributed by atoms with van der Waals surface area (Å²) in [5.41, 5.74) is 1.36. The van der Waals surface area contributed by atoms with Crippen LogP contribution in [0.4, 0.5) is 11.4 Å². The Morgan fingerprint density at radius 1 is 1.20 bits per heavy atom. The second-order valence-corrected chi connectivity index (χ2v) is 5.75. The molecule has 0 aromatic heterocycles. The zero-order valence-corrected chi connectivity index (χ0v) is 12.7. The van der Waals surface area contributed by atoms with Crippen molar-refractivity contribution in [3.63, 3.8) is 0 Å². The molecule has 20 heavy (non-hydrogen) atoms. The molecule has 0 saturated heterocycles. The molecule has 0 saturated carbocycles. The third kappa shape index (κ3) is 3.07. The zero-order valence-electron chi connectivity index (χ0n) is 10.3. The van der Waals surface area contributed by atoms with Crippen LogP contribution >= 0.6 is 23.2 Å². The van der Waals surface area contributed by atoms with E-state index in [1.165, 1.54) is 12.1 Å². The standard InChI is InChI=1S/C13H11Cl2NO3S/c1-8-2-4-10(5-3-8)16(20(18)19)12-7-9(14)6-11(15)13(12)17/h2-7,17H,1H3,(H,18,19)/p-1. The largest absolute Gasteiger partial charge is 0.755 e. The van der Waals surface area contributed by atoms with E-state index in [1.807, 2.05) is 6.92 Å².